The first-order valence-electron chi connectivity index (χ1n) is 3.63. The number of anilines is 1. The van der Waals surface area contributed by atoms with Crippen LogP contribution in [0.5, 0.6) is 0 Å². The number of benzene rings is 1. The molecule has 0 bridgehead atoms. The third-order valence-electron chi connectivity index (χ3n) is 1.56. The Balaban J connectivity index is 2.64. The van der Waals surface area contributed by atoms with Crippen LogP contribution in [0.1, 0.15) is 5.56 Å². The SMILES string of the molecule is COC(=O)Cc1ccc(N)cc1. The van der Waals surface area contributed by atoms with Crippen molar-refractivity contribution in [3.8, 4) is 0 Å². The van der Waals surface area contributed by atoms with Crippen LogP contribution in [-0.4, -0.2) is 13.1 Å². The van der Waals surface area contributed by atoms with E-state index >= 15 is 0 Å². The summed E-state index contributed by atoms with van der Waals surface area (Å²) in [5, 5.41) is 0. The van der Waals surface area contributed by atoms with Gasteiger partial charge in [0, 0.05) is 5.69 Å². The number of nitrogens with two attached hydrogens (primary N) is 1. The van der Waals surface area contributed by atoms with Gasteiger partial charge in [-0.1, -0.05) is 12.1 Å². The van der Waals surface area contributed by atoms with Crippen molar-refractivity contribution < 1.29 is 9.53 Å². The number of nitrogen functional groups attached to an aromatic ring is 1. The van der Waals surface area contributed by atoms with Gasteiger partial charge in [0.05, 0.1) is 13.5 Å². The highest BCUT2D eigenvalue weighted by Crippen LogP contribution is 2.06. The maximum Gasteiger partial charge on any atom is 0.309 e. The molecule has 1 rings (SSSR count). The zero-order chi connectivity index (χ0) is 8.97. The molecule has 64 valence electrons. The summed E-state index contributed by atoms with van der Waals surface area (Å²) in [6, 6.07) is 7.15. The van der Waals surface area contributed by atoms with Crippen molar-refractivity contribution >= 4 is 11.7 Å². The molecule has 0 heterocycles. The van der Waals surface area contributed by atoms with Crippen LogP contribution in [0.25, 0.3) is 0 Å². The average Bonchev–Trinajstić information content (AvgIpc) is 2.09. The van der Waals surface area contributed by atoms with E-state index in [0.29, 0.717) is 12.1 Å². The molecule has 0 saturated heterocycles. The van der Waals surface area contributed by atoms with E-state index in [1.165, 1.54) is 7.11 Å². The lowest BCUT2D eigenvalue weighted by Crippen LogP contribution is -2.04. The Kier molecular flexibility index (Phi) is 2.69. The first kappa shape index (κ1) is 8.59. The molecular formula is C9H11NO2. The number of esters is 1. The molecule has 0 saturated carbocycles. The zero-order valence-electron chi connectivity index (χ0n) is 6.91. The lowest BCUT2D eigenvalue weighted by Gasteiger charge is -1.99. The van der Waals surface area contributed by atoms with Gasteiger partial charge in [0.15, 0.2) is 0 Å². The summed E-state index contributed by atoms with van der Waals surface area (Å²) in [4.78, 5) is 10.8. The summed E-state index contributed by atoms with van der Waals surface area (Å²) in [6.45, 7) is 0. The van der Waals surface area contributed by atoms with Gasteiger partial charge in [0.1, 0.15) is 0 Å². The minimum Gasteiger partial charge on any atom is -0.469 e. The van der Waals surface area contributed by atoms with Gasteiger partial charge in [0.25, 0.3) is 0 Å². The molecule has 0 aromatic heterocycles. The van der Waals surface area contributed by atoms with Gasteiger partial charge in [-0.3, -0.25) is 4.79 Å². The van der Waals surface area contributed by atoms with Crippen molar-refractivity contribution in [3.05, 3.63) is 29.8 Å². The highest BCUT2D eigenvalue weighted by atomic mass is 16.5. The summed E-state index contributed by atoms with van der Waals surface area (Å²) in [5.74, 6) is -0.236. The largest absolute Gasteiger partial charge is 0.469 e. The molecule has 0 atom stereocenters. The molecule has 0 radical (unpaired) electrons. The van der Waals surface area contributed by atoms with Gasteiger partial charge >= 0.3 is 5.97 Å². The number of hydrogen-bond acceptors (Lipinski definition) is 3. The van der Waals surface area contributed by atoms with Crippen LogP contribution in [0, 0.1) is 0 Å². The average molecular weight is 165 g/mol. The molecule has 0 fully saturated rings. The maximum atomic E-state index is 10.8. The topological polar surface area (TPSA) is 52.3 Å². The molecule has 1 aromatic rings. The molecule has 3 heteroatoms. The van der Waals surface area contributed by atoms with Gasteiger partial charge < -0.3 is 10.5 Å². The zero-order valence-corrected chi connectivity index (χ0v) is 6.91. The Morgan fingerprint density at radius 2 is 2.00 bits per heavy atom. The Hall–Kier alpha value is -1.51. The van der Waals surface area contributed by atoms with Crippen LogP contribution in [0.15, 0.2) is 24.3 Å². The predicted molar refractivity (Wildman–Crippen MR) is 46.6 cm³/mol. The molecule has 0 amide bonds. The third-order valence-corrected chi connectivity index (χ3v) is 1.56. The highest BCUT2D eigenvalue weighted by molar-refractivity contribution is 5.72. The Labute approximate surface area is 71.1 Å². The second-order valence-corrected chi connectivity index (χ2v) is 2.49. The summed E-state index contributed by atoms with van der Waals surface area (Å²) in [6.07, 6.45) is 0.302. The Morgan fingerprint density at radius 3 is 2.50 bits per heavy atom. The van der Waals surface area contributed by atoms with E-state index in [9.17, 15) is 4.79 Å². The molecule has 1 aromatic carbocycles. The smallest absolute Gasteiger partial charge is 0.309 e. The molecule has 0 unspecified atom stereocenters. The van der Waals surface area contributed by atoms with E-state index in [4.69, 9.17) is 5.73 Å². The lowest BCUT2D eigenvalue weighted by molar-refractivity contribution is -0.139. The molecule has 2 N–H and O–H groups in total. The molecule has 3 nitrogen and oxygen atoms in total. The first-order chi connectivity index (χ1) is 5.72. The van der Waals surface area contributed by atoms with Gasteiger partial charge in [0.2, 0.25) is 0 Å². The maximum absolute atomic E-state index is 10.8. The molecule has 0 aliphatic carbocycles. The standard InChI is InChI=1S/C9H11NO2/c1-12-9(11)6-7-2-4-8(10)5-3-7/h2-5H,6,10H2,1H3. The van der Waals surface area contributed by atoms with Crippen LogP contribution >= 0.6 is 0 Å². The van der Waals surface area contributed by atoms with Crippen LogP contribution in [0.2, 0.25) is 0 Å². The van der Waals surface area contributed by atoms with Crippen molar-refractivity contribution in [2.45, 2.75) is 6.42 Å². The van der Waals surface area contributed by atoms with Gasteiger partial charge in [-0.25, -0.2) is 0 Å². The summed E-state index contributed by atoms with van der Waals surface area (Å²) in [5.41, 5.74) is 7.08. The van der Waals surface area contributed by atoms with E-state index in [0.717, 1.165) is 5.56 Å². The quantitative estimate of drug-likeness (QED) is 0.525. The normalized spacial score (nSPS) is 9.42. The number of carbonyl (C=O) groups is 1. The fourth-order valence-corrected chi connectivity index (χ4v) is 0.874. The summed E-state index contributed by atoms with van der Waals surface area (Å²) >= 11 is 0. The number of hydrogen-bond donors (Lipinski definition) is 1. The van der Waals surface area contributed by atoms with Crippen molar-refractivity contribution in [1.82, 2.24) is 0 Å². The van der Waals surface area contributed by atoms with E-state index in [1.54, 1.807) is 12.1 Å². The van der Waals surface area contributed by atoms with Crippen LogP contribution in [-0.2, 0) is 16.0 Å². The van der Waals surface area contributed by atoms with Gasteiger partial charge in [-0.2, -0.15) is 0 Å². The second kappa shape index (κ2) is 3.76. The van der Waals surface area contributed by atoms with Crippen molar-refractivity contribution in [2.24, 2.45) is 0 Å². The van der Waals surface area contributed by atoms with E-state index < -0.39 is 0 Å². The fourth-order valence-electron chi connectivity index (χ4n) is 0.874. The predicted octanol–water partition coefficient (Wildman–Crippen LogP) is 0.984. The van der Waals surface area contributed by atoms with Crippen molar-refractivity contribution in [2.75, 3.05) is 12.8 Å². The van der Waals surface area contributed by atoms with Crippen LogP contribution in [0.4, 0.5) is 5.69 Å². The Morgan fingerprint density at radius 1 is 1.42 bits per heavy atom. The monoisotopic (exact) mass is 165 g/mol. The minimum absolute atomic E-state index is 0.236. The van der Waals surface area contributed by atoms with E-state index in [-0.39, 0.29) is 5.97 Å². The lowest BCUT2D eigenvalue weighted by atomic mass is 10.1. The molecular weight excluding hydrogens is 154 g/mol. The number of methoxy groups -OCH3 is 1. The summed E-state index contributed by atoms with van der Waals surface area (Å²) < 4.78 is 4.51. The molecule has 0 aliphatic heterocycles. The van der Waals surface area contributed by atoms with E-state index in [2.05, 4.69) is 4.74 Å². The van der Waals surface area contributed by atoms with Crippen molar-refractivity contribution in [1.29, 1.82) is 0 Å². The van der Waals surface area contributed by atoms with Gasteiger partial charge in [-0.05, 0) is 17.7 Å². The minimum atomic E-state index is -0.236. The highest BCUT2D eigenvalue weighted by Gasteiger charge is 2.00. The van der Waals surface area contributed by atoms with Crippen molar-refractivity contribution in [3.63, 3.8) is 0 Å². The summed E-state index contributed by atoms with van der Waals surface area (Å²) in [7, 11) is 1.37. The van der Waals surface area contributed by atoms with Gasteiger partial charge in [-0.15, -0.1) is 0 Å². The van der Waals surface area contributed by atoms with Crippen LogP contribution < -0.4 is 5.73 Å². The second-order valence-electron chi connectivity index (χ2n) is 2.49. The number of carbonyl (C=O) groups excluding carboxylic acids is 1. The van der Waals surface area contributed by atoms with Crippen LogP contribution in [0.3, 0.4) is 0 Å². The molecule has 0 spiro atoms. The number of ether oxygens (including phenoxy) is 1. The molecule has 0 aliphatic rings. The first-order valence-corrected chi connectivity index (χ1v) is 3.63. The third kappa shape index (κ3) is 2.27. The fraction of sp³-hybridized carbons (Fsp3) is 0.222. The van der Waals surface area contributed by atoms with E-state index in [1.807, 2.05) is 12.1 Å². The number of rotatable bonds is 2. The Bertz CT molecular complexity index is 266. The molecule has 12 heavy (non-hydrogen) atoms.